The second-order valence-electron chi connectivity index (χ2n) is 5.40. The number of para-hydroxylation sites is 1. The van der Waals surface area contributed by atoms with Gasteiger partial charge in [0.2, 0.25) is 0 Å². The van der Waals surface area contributed by atoms with Crippen molar-refractivity contribution >= 4 is 29.0 Å². The van der Waals surface area contributed by atoms with Crippen LogP contribution in [0.15, 0.2) is 66.5 Å². The van der Waals surface area contributed by atoms with Crippen molar-refractivity contribution in [1.82, 2.24) is 10.3 Å². The maximum atomic E-state index is 11.9. The Bertz CT molecular complexity index is 929. The van der Waals surface area contributed by atoms with Gasteiger partial charge >= 0.3 is 6.09 Å². The third kappa shape index (κ3) is 4.06. The minimum Gasteiger partial charge on any atom is -0.444 e. The van der Waals surface area contributed by atoms with Crippen molar-refractivity contribution in [2.75, 3.05) is 0 Å². The average Bonchev–Trinajstić information content (AvgIpc) is 3.03. The van der Waals surface area contributed by atoms with E-state index in [0.29, 0.717) is 0 Å². The van der Waals surface area contributed by atoms with Gasteiger partial charge in [-0.05, 0) is 17.7 Å². The number of primary amides is 1. The molecule has 0 fully saturated rings. The molecular weight excluding hydrogens is 318 g/mol. The second kappa shape index (κ2) is 7.35. The van der Waals surface area contributed by atoms with Crippen LogP contribution in [0.3, 0.4) is 0 Å². The van der Waals surface area contributed by atoms with E-state index >= 15 is 0 Å². The van der Waals surface area contributed by atoms with Crippen molar-refractivity contribution in [2.45, 2.75) is 6.61 Å². The molecule has 3 aromatic rings. The van der Waals surface area contributed by atoms with Gasteiger partial charge < -0.3 is 15.5 Å². The molecule has 6 nitrogen and oxygen atoms in total. The Labute approximate surface area is 144 Å². The molecule has 0 aliphatic rings. The first-order valence-electron chi connectivity index (χ1n) is 7.69. The molecule has 0 saturated carbocycles. The SMILES string of the molecule is NC(=O)/C(=C\c1c[nH]c2ccccc12)NC(=O)OCc1ccccc1. The van der Waals surface area contributed by atoms with Crippen LogP contribution in [0.2, 0.25) is 0 Å². The van der Waals surface area contributed by atoms with Crippen molar-refractivity contribution in [1.29, 1.82) is 0 Å². The minimum absolute atomic E-state index is 0.0391. The van der Waals surface area contributed by atoms with Crippen molar-refractivity contribution < 1.29 is 14.3 Å². The lowest BCUT2D eigenvalue weighted by molar-refractivity contribution is -0.114. The minimum atomic E-state index is -0.748. The number of fused-ring (bicyclic) bond motifs is 1. The molecule has 4 N–H and O–H groups in total. The number of alkyl carbamates (subject to hydrolysis) is 1. The predicted molar refractivity (Wildman–Crippen MR) is 95.2 cm³/mol. The van der Waals surface area contributed by atoms with E-state index in [4.69, 9.17) is 10.5 Å². The lowest BCUT2D eigenvalue weighted by atomic mass is 10.1. The van der Waals surface area contributed by atoms with Crippen LogP contribution in [0.1, 0.15) is 11.1 Å². The quantitative estimate of drug-likeness (QED) is 0.625. The van der Waals surface area contributed by atoms with E-state index < -0.39 is 12.0 Å². The topological polar surface area (TPSA) is 97.2 Å². The molecule has 0 unspecified atom stereocenters. The Hall–Kier alpha value is -3.54. The number of hydrogen-bond donors (Lipinski definition) is 3. The number of carbonyl (C=O) groups excluding carboxylic acids is 2. The summed E-state index contributed by atoms with van der Waals surface area (Å²) in [5.41, 5.74) is 7.84. The summed E-state index contributed by atoms with van der Waals surface area (Å²) in [4.78, 5) is 26.7. The monoisotopic (exact) mass is 335 g/mol. The molecule has 2 amide bonds. The van der Waals surface area contributed by atoms with Gasteiger partial charge in [0.25, 0.3) is 5.91 Å². The molecule has 6 heteroatoms. The molecule has 0 atom stereocenters. The highest BCUT2D eigenvalue weighted by atomic mass is 16.5. The summed E-state index contributed by atoms with van der Waals surface area (Å²) in [6.45, 7) is 0.103. The highest BCUT2D eigenvalue weighted by Gasteiger charge is 2.12. The summed E-state index contributed by atoms with van der Waals surface area (Å²) >= 11 is 0. The number of rotatable bonds is 5. The molecule has 3 rings (SSSR count). The van der Waals surface area contributed by atoms with Crippen molar-refractivity contribution in [3.63, 3.8) is 0 Å². The number of nitrogens with two attached hydrogens (primary N) is 1. The van der Waals surface area contributed by atoms with E-state index in [1.807, 2.05) is 54.6 Å². The van der Waals surface area contributed by atoms with Gasteiger partial charge in [-0.25, -0.2) is 4.79 Å². The van der Waals surface area contributed by atoms with E-state index in [1.54, 1.807) is 6.20 Å². The van der Waals surface area contributed by atoms with E-state index in [1.165, 1.54) is 6.08 Å². The summed E-state index contributed by atoms with van der Waals surface area (Å²) in [6.07, 6.45) is 2.52. The van der Waals surface area contributed by atoms with Crippen molar-refractivity contribution in [2.24, 2.45) is 5.73 Å². The Morgan fingerprint density at radius 2 is 1.80 bits per heavy atom. The molecule has 2 aromatic carbocycles. The van der Waals surface area contributed by atoms with Gasteiger partial charge in [0.15, 0.2) is 0 Å². The van der Waals surface area contributed by atoms with Crippen molar-refractivity contribution in [3.05, 3.63) is 77.6 Å². The molecule has 0 bridgehead atoms. The third-order valence-electron chi connectivity index (χ3n) is 3.64. The van der Waals surface area contributed by atoms with E-state index in [9.17, 15) is 9.59 Å². The van der Waals surface area contributed by atoms with Crippen LogP contribution in [-0.2, 0) is 16.1 Å². The first-order valence-corrected chi connectivity index (χ1v) is 7.69. The number of amides is 2. The lowest BCUT2D eigenvalue weighted by Crippen LogP contribution is -2.31. The molecule has 0 radical (unpaired) electrons. The number of benzene rings is 2. The molecule has 25 heavy (non-hydrogen) atoms. The van der Waals surface area contributed by atoms with E-state index in [0.717, 1.165) is 22.0 Å². The van der Waals surface area contributed by atoms with Crippen LogP contribution in [0, 0.1) is 0 Å². The largest absolute Gasteiger partial charge is 0.444 e. The molecule has 0 aliphatic carbocycles. The number of aromatic nitrogens is 1. The van der Waals surface area contributed by atoms with Crippen LogP contribution in [-0.4, -0.2) is 17.0 Å². The molecule has 0 spiro atoms. The van der Waals surface area contributed by atoms with Gasteiger partial charge in [0, 0.05) is 22.7 Å². The summed E-state index contributed by atoms with van der Waals surface area (Å²) in [5, 5.41) is 3.32. The fraction of sp³-hybridized carbons (Fsp3) is 0.0526. The highest BCUT2D eigenvalue weighted by molar-refractivity contribution is 6.01. The summed E-state index contributed by atoms with van der Waals surface area (Å²) in [5.74, 6) is -0.748. The van der Waals surface area contributed by atoms with Gasteiger partial charge in [-0.1, -0.05) is 48.5 Å². The number of carbonyl (C=O) groups is 2. The maximum absolute atomic E-state index is 11.9. The molecule has 126 valence electrons. The summed E-state index contributed by atoms with van der Waals surface area (Å²) < 4.78 is 5.11. The zero-order valence-corrected chi connectivity index (χ0v) is 13.4. The Balaban J connectivity index is 1.73. The van der Waals surface area contributed by atoms with Crippen LogP contribution >= 0.6 is 0 Å². The second-order valence-corrected chi connectivity index (χ2v) is 5.40. The van der Waals surface area contributed by atoms with Crippen LogP contribution in [0.5, 0.6) is 0 Å². The number of aromatic amines is 1. The Morgan fingerprint density at radius 3 is 2.56 bits per heavy atom. The van der Waals surface area contributed by atoms with Crippen LogP contribution in [0.4, 0.5) is 4.79 Å². The maximum Gasteiger partial charge on any atom is 0.412 e. The number of ether oxygens (including phenoxy) is 1. The molecule has 1 aromatic heterocycles. The first-order chi connectivity index (χ1) is 12.1. The summed E-state index contributed by atoms with van der Waals surface area (Å²) in [6, 6.07) is 16.9. The molecular formula is C19H17N3O3. The van der Waals surface area contributed by atoms with Gasteiger partial charge in [-0.3, -0.25) is 10.1 Å². The van der Waals surface area contributed by atoms with E-state index in [-0.39, 0.29) is 12.3 Å². The fourth-order valence-electron chi connectivity index (χ4n) is 2.41. The summed E-state index contributed by atoms with van der Waals surface area (Å²) in [7, 11) is 0. The molecule has 0 aliphatic heterocycles. The lowest BCUT2D eigenvalue weighted by Gasteiger charge is -2.08. The highest BCUT2D eigenvalue weighted by Crippen LogP contribution is 2.19. The smallest absolute Gasteiger partial charge is 0.412 e. The molecule has 0 saturated heterocycles. The number of nitrogens with one attached hydrogen (secondary N) is 2. The zero-order chi connectivity index (χ0) is 17.6. The first kappa shape index (κ1) is 16.3. The van der Waals surface area contributed by atoms with Crippen molar-refractivity contribution in [3.8, 4) is 0 Å². The molecule has 1 heterocycles. The van der Waals surface area contributed by atoms with Crippen LogP contribution in [0.25, 0.3) is 17.0 Å². The third-order valence-corrected chi connectivity index (χ3v) is 3.64. The van der Waals surface area contributed by atoms with Crippen LogP contribution < -0.4 is 11.1 Å². The Morgan fingerprint density at radius 1 is 1.08 bits per heavy atom. The van der Waals surface area contributed by atoms with Gasteiger partial charge in [0.05, 0.1) is 0 Å². The van der Waals surface area contributed by atoms with Gasteiger partial charge in [-0.2, -0.15) is 0 Å². The number of H-pyrrole nitrogens is 1. The van der Waals surface area contributed by atoms with Gasteiger partial charge in [0.1, 0.15) is 12.3 Å². The fourth-order valence-corrected chi connectivity index (χ4v) is 2.41. The normalized spacial score (nSPS) is 11.3. The standard InChI is InChI=1S/C19H17N3O3/c20-18(23)17(10-14-11-21-16-9-5-4-8-15(14)16)22-19(24)25-12-13-6-2-1-3-7-13/h1-11,21H,12H2,(H2,20,23)(H,22,24)/b17-10+. The average molecular weight is 335 g/mol. The number of hydrogen-bond acceptors (Lipinski definition) is 3. The van der Waals surface area contributed by atoms with Gasteiger partial charge in [-0.15, -0.1) is 0 Å². The predicted octanol–water partition coefficient (Wildman–Crippen LogP) is 2.92. The van der Waals surface area contributed by atoms with E-state index in [2.05, 4.69) is 10.3 Å². The zero-order valence-electron chi connectivity index (χ0n) is 13.4. The Kier molecular flexibility index (Phi) is 4.80.